The molecule has 0 aliphatic carbocycles. The molecule has 1 nitrogen and oxygen atoms in total. The van der Waals surface area contributed by atoms with E-state index in [1.807, 2.05) is 6.92 Å². The van der Waals surface area contributed by atoms with Crippen molar-refractivity contribution in [1.29, 1.82) is 0 Å². The molecule has 0 saturated carbocycles. The lowest BCUT2D eigenvalue weighted by Crippen LogP contribution is -2.07. The van der Waals surface area contributed by atoms with Crippen molar-refractivity contribution >= 4 is 17.5 Å². The molecular formula is C16H14F2OS. The molecule has 0 atom stereocenters. The second kappa shape index (κ2) is 6.66. The normalized spacial score (nSPS) is 10.6. The van der Waals surface area contributed by atoms with Crippen LogP contribution in [0.4, 0.5) is 8.78 Å². The molecule has 0 aromatic heterocycles. The first-order valence-electron chi connectivity index (χ1n) is 6.19. The largest absolute Gasteiger partial charge is 0.298 e. The number of Topliss-reactive ketones (excluding diaryl/α,β-unsaturated/α-hetero) is 1. The summed E-state index contributed by atoms with van der Waals surface area (Å²) in [4.78, 5) is 12.6. The van der Waals surface area contributed by atoms with Gasteiger partial charge in [0.25, 0.3) is 0 Å². The zero-order chi connectivity index (χ0) is 14.5. The van der Waals surface area contributed by atoms with E-state index in [2.05, 4.69) is 0 Å². The molecule has 0 amide bonds. The van der Waals surface area contributed by atoms with Crippen LogP contribution in [0.2, 0.25) is 0 Å². The van der Waals surface area contributed by atoms with Crippen LogP contribution in [0.25, 0.3) is 0 Å². The summed E-state index contributed by atoms with van der Waals surface area (Å²) in [5, 5.41) is 0. The number of aryl methyl sites for hydroxylation is 1. The van der Waals surface area contributed by atoms with Crippen molar-refractivity contribution in [1.82, 2.24) is 0 Å². The van der Waals surface area contributed by atoms with Gasteiger partial charge < -0.3 is 0 Å². The van der Waals surface area contributed by atoms with Gasteiger partial charge in [-0.1, -0.05) is 12.1 Å². The van der Waals surface area contributed by atoms with Gasteiger partial charge in [-0.2, -0.15) is 0 Å². The van der Waals surface area contributed by atoms with Gasteiger partial charge in [0.05, 0.1) is 5.75 Å². The fourth-order valence-corrected chi connectivity index (χ4v) is 2.61. The maximum Gasteiger partial charge on any atom is 0.147 e. The number of thioether (sulfide) groups is 1. The number of ketones is 1. The third kappa shape index (κ3) is 4.17. The molecule has 0 radical (unpaired) electrons. The lowest BCUT2D eigenvalue weighted by atomic mass is 10.0. The van der Waals surface area contributed by atoms with Crippen LogP contribution in [0.3, 0.4) is 0 Å². The summed E-state index contributed by atoms with van der Waals surface area (Å²) in [6, 6.07) is 10.6. The Morgan fingerprint density at radius 3 is 2.60 bits per heavy atom. The molecule has 0 saturated heterocycles. The van der Waals surface area contributed by atoms with Crippen molar-refractivity contribution in [2.24, 2.45) is 0 Å². The van der Waals surface area contributed by atoms with E-state index < -0.39 is 0 Å². The molecular weight excluding hydrogens is 278 g/mol. The Balaban J connectivity index is 1.94. The van der Waals surface area contributed by atoms with Crippen LogP contribution in [-0.2, 0) is 11.2 Å². The Morgan fingerprint density at radius 2 is 1.85 bits per heavy atom. The molecule has 2 rings (SSSR count). The molecule has 0 aliphatic rings. The van der Waals surface area contributed by atoms with Gasteiger partial charge in [-0.3, -0.25) is 4.79 Å². The minimum absolute atomic E-state index is 0.00652. The van der Waals surface area contributed by atoms with E-state index in [1.54, 1.807) is 18.2 Å². The molecule has 104 valence electrons. The molecule has 20 heavy (non-hydrogen) atoms. The number of carbonyl (C=O) groups excluding carboxylic acids is 1. The number of hydrogen-bond acceptors (Lipinski definition) is 2. The van der Waals surface area contributed by atoms with E-state index in [4.69, 9.17) is 0 Å². The molecule has 4 heteroatoms. The lowest BCUT2D eigenvalue weighted by molar-refractivity contribution is -0.116. The van der Waals surface area contributed by atoms with Gasteiger partial charge >= 0.3 is 0 Å². The molecule has 0 bridgehead atoms. The summed E-state index contributed by atoms with van der Waals surface area (Å²) in [5.41, 5.74) is 1.60. The van der Waals surface area contributed by atoms with Gasteiger partial charge in [0.2, 0.25) is 0 Å². The number of hydrogen-bond donors (Lipinski definition) is 0. The topological polar surface area (TPSA) is 17.1 Å². The summed E-state index contributed by atoms with van der Waals surface area (Å²) >= 11 is 1.29. The highest BCUT2D eigenvalue weighted by molar-refractivity contribution is 8.00. The van der Waals surface area contributed by atoms with Crippen LogP contribution in [0.5, 0.6) is 0 Å². The molecule has 2 aromatic carbocycles. The van der Waals surface area contributed by atoms with Crippen LogP contribution in [0, 0.1) is 18.6 Å². The quantitative estimate of drug-likeness (QED) is 0.769. The maximum absolute atomic E-state index is 13.1. The fourth-order valence-electron chi connectivity index (χ4n) is 1.81. The van der Waals surface area contributed by atoms with Crippen LogP contribution < -0.4 is 0 Å². The van der Waals surface area contributed by atoms with Gasteiger partial charge in [0, 0.05) is 11.3 Å². The molecule has 0 aliphatic heterocycles. The molecule has 0 unspecified atom stereocenters. The maximum atomic E-state index is 13.1. The minimum atomic E-state index is -0.337. The van der Waals surface area contributed by atoms with E-state index in [1.165, 1.54) is 36.0 Å². The van der Waals surface area contributed by atoms with Crippen LogP contribution in [-0.4, -0.2) is 11.5 Å². The van der Waals surface area contributed by atoms with Crippen molar-refractivity contribution in [2.45, 2.75) is 18.2 Å². The first-order chi connectivity index (χ1) is 9.54. The molecule has 0 fully saturated rings. The van der Waals surface area contributed by atoms with Gasteiger partial charge in [-0.05, 0) is 48.4 Å². The van der Waals surface area contributed by atoms with Gasteiger partial charge in [0.1, 0.15) is 17.4 Å². The monoisotopic (exact) mass is 292 g/mol. The lowest BCUT2D eigenvalue weighted by Gasteiger charge is -2.05. The first kappa shape index (κ1) is 14.7. The Bertz CT molecular complexity index is 626. The smallest absolute Gasteiger partial charge is 0.147 e. The number of carbonyl (C=O) groups is 1. The SMILES string of the molecule is Cc1ccc(F)cc1CC(=O)CSc1cccc(F)c1. The molecule has 2 aromatic rings. The van der Waals surface area contributed by atoms with Crippen molar-refractivity contribution < 1.29 is 13.6 Å². The fraction of sp³-hybridized carbons (Fsp3) is 0.188. The van der Waals surface area contributed by atoms with Gasteiger partial charge in [-0.25, -0.2) is 8.78 Å². The predicted octanol–water partition coefficient (Wildman–Crippen LogP) is 4.18. The van der Waals surface area contributed by atoms with Crippen molar-refractivity contribution in [2.75, 3.05) is 5.75 Å². The Labute approximate surface area is 121 Å². The zero-order valence-corrected chi connectivity index (χ0v) is 11.8. The van der Waals surface area contributed by atoms with E-state index in [0.29, 0.717) is 10.5 Å². The number of rotatable bonds is 5. The van der Waals surface area contributed by atoms with Crippen LogP contribution in [0.1, 0.15) is 11.1 Å². The third-order valence-corrected chi connectivity index (χ3v) is 3.95. The second-order valence-corrected chi connectivity index (χ2v) is 5.58. The summed E-state index contributed by atoms with van der Waals surface area (Å²) in [7, 11) is 0. The van der Waals surface area contributed by atoms with Gasteiger partial charge in [0.15, 0.2) is 0 Å². The average Bonchev–Trinajstić information content (AvgIpc) is 2.41. The Morgan fingerprint density at radius 1 is 1.10 bits per heavy atom. The molecule has 0 N–H and O–H groups in total. The standard InChI is InChI=1S/C16H14F2OS/c1-11-5-6-14(18)7-12(11)8-15(19)10-20-16-4-2-3-13(17)9-16/h2-7,9H,8,10H2,1H3. The minimum Gasteiger partial charge on any atom is -0.298 e. The van der Waals surface area contributed by atoms with E-state index in [-0.39, 0.29) is 29.6 Å². The van der Waals surface area contributed by atoms with Crippen LogP contribution >= 0.6 is 11.8 Å². The van der Waals surface area contributed by atoms with Crippen molar-refractivity contribution in [3.05, 3.63) is 65.2 Å². The van der Waals surface area contributed by atoms with Crippen molar-refractivity contribution in [3.63, 3.8) is 0 Å². The second-order valence-electron chi connectivity index (χ2n) is 4.53. The third-order valence-electron chi connectivity index (χ3n) is 2.89. The highest BCUT2D eigenvalue weighted by atomic mass is 32.2. The average molecular weight is 292 g/mol. The van der Waals surface area contributed by atoms with E-state index in [0.717, 1.165) is 5.56 Å². The summed E-state index contributed by atoms with van der Waals surface area (Å²) in [6.07, 6.45) is 0.200. The highest BCUT2D eigenvalue weighted by Gasteiger charge is 2.08. The predicted molar refractivity (Wildman–Crippen MR) is 77.0 cm³/mol. The Hall–Kier alpha value is -1.68. The number of halogens is 2. The van der Waals surface area contributed by atoms with E-state index >= 15 is 0 Å². The molecule has 0 spiro atoms. The Kier molecular flexibility index (Phi) is 4.90. The van der Waals surface area contributed by atoms with E-state index in [9.17, 15) is 13.6 Å². The van der Waals surface area contributed by atoms with Crippen molar-refractivity contribution in [3.8, 4) is 0 Å². The summed E-state index contributed by atoms with van der Waals surface area (Å²) in [5.74, 6) is -0.410. The molecule has 0 heterocycles. The van der Waals surface area contributed by atoms with Gasteiger partial charge in [-0.15, -0.1) is 11.8 Å². The zero-order valence-electron chi connectivity index (χ0n) is 11.0. The van der Waals surface area contributed by atoms with Crippen LogP contribution in [0.15, 0.2) is 47.4 Å². The summed E-state index contributed by atoms with van der Waals surface area (Å²) < 4.78 is 26.1. The highest BCUT2D eigenvalue weighted by Crippen LogP contribution is 2.20. The summed E-state index contributed by atoms with van der Waals surface area (Å²) in [6.45, 7) is 1.85. The first-order valence-corrected chi connectivity index (χ1v) is 7.18. The number of benzene rings is 2.